The molecule has 0 aromatic rings. The number of nitrogens with one attached hydrogen (secondary N) is 1. The van der Waals surface area contributed by atoms with Crippen molar-refractivity contribution in [3.05, 3.63) is 12.7 Å². The molecule has 0 fully saturated rings. The van der Waals surface area contributed by atoms with E-state index in [0.717, 1.165) is 0 Å². The van der Waals surface area contributed by atoms with Crippen LogP contribution >= 0.6 is 0 Å². The molecule has 0 spiro atoms. The van der Waals surface area contributed by atoms with Gasteiger partial charge in [0.15, 0.2) is 0 Å². The van der Waals surface area contributed by atoms with Gasteiger partial charge in [-0.25, -0.2) is 0 Å². The van der Waals surface area contributed by atoms with Crippen LogP contribution in [-0.4, -0.2) is 19.1 Å². The maximum atomic E-state index is 9.67. The van der Waals surface area contributed by atoms with E-state index in [2.05, 4.69) is 11.9 Å². The third kappa shape index (κ3) is 11.4. The number of rotatable bonds is 4. The first-order valence-electron chi connectivity index (χ1n) is 2.29. The van der Waals surface area contributed by atoms with E-state index in [9.17, 15) is 9.90 Å². The zero-order chi connectivity index (χ0) is 6.41. The topological polar surface area (TPSA) is 52.2 Å². The first kappa shape index (κ1) is 11.5. The average Bonchev–Trinajstić information content (AvgIpc) is 1.66. The molecule has 0 aliphatic carbocycles. The Morgan fingerprint density at radius 3 is 2.67 bits per heavy atom. The zero-order valence-electron chi connectivity index (χ0n) is 5.52. The molecule has 3 nitrogen and oxygen atoms in total. The molecule has 9 heavy (non-hydrogen) atoms. The van der Waals surface area contributed by atoms with Crippen LogP contribution in [0.1, 0.15) is 0 Å². The molecule has 0 aliphatic heterocycles. The van der Waals surface area contributed by atoms with Crippen LogP contribution in [0.15, 0.2) is 12.7 Å². The molecular weight excluding hydrogens is 113 g/mol. The predicted molar refractivity (Wildman–Crippen MR) is 28.1 cm³/mol. The summed E-state index contributed by atoms with van der Waals surface area (Å²) in [6.45, 7) is 3.78. The van der Waals surface area contributed by atoms with Gasteiger partial charge in [-0.1, -0.05) is 6.08 Å². The zero-order valence-corrected chi connectivity index (χ0v) is 5.52. The summed E-state index contributed by atoms with van der Waals surface area (Å²) in [4.78, 5) is 9.67. The largest absolute Gasteiger partial charge is 1.00 e. The van der Waals surface area contributed by atoms with Gasteiger partial charge in [-0.2, -0.15) is 0 Å². The van der Waals surface area contributed by atoms with E-state index in [1.54, 1.807) is 6.08 Å². The summed E-state index contributed by atoms with van der Waals surface area (Å²) in [6, 6.07) is 0. The molecule has 0 aromatic carbocycles. The first-order valence-corrected chi connectivity index (χ1v) is 2.29. The van der Waals surface area contributed by atoms with Gasteiger partial charge in [0.2, 0.25) is 0 Å². The number of aliphatic carboxylic acids is 1. The van der Waals surface area contributed by atoms with E-state index in [-0.39, 0.29) is 25.4 Å². The van der Waals surface area contributed by atoms with Gasteiger partial charge < -0.3 is 15.2 Å². The van der Waals surface area contributed by atoms with Crippen molar-refractivity contribution in [1.82, 2.24) is 5.32 Å². The van der Waals surface area contributed by atoms with Crippen molar-refractivity contribution in [2.75, 3.05) is 13.1 Å². The second-order valence-corrected chi connectivity index (χ2v) is 1.29. The summed E-state index contributed by atoms with van der Waals surface area (Å²) >= 11 is 0. The van der Waals surface area contributed by atoms with Crippen molar-refractivity contribution in [1.29, 1.82) is 0 Å². The quantitative estimate of drug-likeness (QED) is 0.232. The molecule has 0 atom stereocenters. The van der Waals surface area contributed by atoms with Crippen LogP contribution in [0.5, 0.6) is 0 Å². The van der Waals surface area contributed by atoms with Crippen LogP contribution in [0.2, 0.25) is 0 Å². The van der Waals surface area contributed by atoms with Gasteiger partial charge in [0, 0.05) is 13.1 Å². The van der Waals surface area contributed by atoms with E-state index in [0.29, 0.717) is 6.54 Å². The monoisotopic (exact) mass is 121 g/mol. The number of carboxylic acid groups (broad SMARTS) is 1. The van der Waals surface area contributed by atoms with Gasteiger partial charge in [0.25, 0.3) is 0 Å². The fraction of sp³-hybridized carbons (Fsp3) is 0.400. The number of hydrogen-bond acceptors (Lipinski definition) is 3. The molecule has 0 bridgehead atoms. The van der Waals surface area contributed by atoms with E-state index in [1.165, 1.54) is 0 Å². The molecule has 0 unspecified atom stereocenters. The standard InChI is InChI=1S/C5H9NO2.Li/c1-2-3-6-4-5(7)8;/h2,6H,1,3-4H2,(H,7,8);/q;+1/p-1. The van der Waals surface area contributed by atoms with Crippen LogP contribution in [-0.2, 0) is 4.79 Å². The van der Waals surface area contributed by atoms with Crippen LogP contribution in [0, 0.1) is 0 Å². The van der Waals surface area contributed by atoms with Crippen molar-refractivity contribution >= 4 is 5.97 Å². The maximum Gasteiger partial charge on any atom is 1.00 e. The number of carbonyl (C=O) groups excluding carboxylic acids is 1. The normalized spacial score (nSPS) is 7.56. The predicted octanol–water partition coefficient (Wildman–Crippen LogP) is -4.48. The summed E-state index contributed by atoms with van der Waals surface area (Å²) in [5.41, 5.74) is 0. The number of carbonyl (C=O) groups is 1. The first-order chi connectivity index (χ1) is 3.77. The van der Waals surface area contributed by atoms with Gasteiger partial charge in [0.05, 0.1) is 5.97 Å². The van der Waals surface area contributed by atoms with Crippen molar-refractivity contribution in [3.8, 4) is 0 Å². The minimum atomic E-state index is -1.09. The second-order valence-electron chi connectivity index (χ2n) is 1.29. The SMILES string of the molecule is C=CCNCC(=O)[O-].[Li+]. The van der Waals surface area contributed by atoms with Gasteiger partial charge >= 0.3 is 18.9 Å². The van der Waals surface area contributed by atoms with Crippen LogP contribution < -0.4 is 29.3 Å². The van der Waals surface area contributed by atoms with Crippen molar-refractivity contribution in [2.24, 2.45) is 0 Å². The summed E-state index contributed by atoms with van der Waals surface area (Å²) in [7, 11) is 0. The van der Waals surface area contributed by atoms with Gasteiger partial charge in [-0.3, -0.25) is 0 Å². The van der Waals surface area contributed by atoms with E-state index in [4.69, 9.17) is 0 Å². The van der Waals surface area contributed by atoms with Crippen LogP contribution in [0.4, 0.5) is 0 Å². The van der Waals surface area contributed by atoms with E-state index < -0.39 is 5.97 Å². The molecular formula is C5H8LiNO2. The molecule has 0 saturated heterocycles. The van der Waals surface area contributed by atoms with Crippen molar-refractivity contribution in [2.45, 2.75) is 0 Å². The Labute approximate surface area is 66.3 Å². The maximum absolute atomic E-state index is 9.67. The van der Waals surface area contributed by atoms with Crippen LogP contribution in [0.25, 0.3) is 0 Å². The summed E-state index contributed by atoms with van der Waals surface area (Å²) in [6.07, 6.45) is 1.59. The smallest absolute Gasteiger partial charge is 0.549 e. The van der Waals surface area contributed by atoms with Crippen molar-refractivity contribution in [3.63, 3.8) is 0 Å². The number of hydrogen-bond donors (Lipinski definition) is 1. The fourth-order valence-electron chi connectivity index (χ4n) is 0.276. The fourth-order valence-corrected chi connectivity index (χ4v) is 0.276. The second kappa shape index (κ2) is 7.77. The molecule has 0 radical (unpaired) electrons. The van der Waals surface area contributed by atoms with Gasteiger partial charge in [-0.15, -0.1) is 6.58 Å². The average molecular weight is 121 g/mol. The number of carboxylic acids is 1. The summed E-state index contributed by atoms with van der Waals surface area (Å²) < 4.78 is 0. The Morgan fingerprint density at radius 1 is 1.78 bits per heavy atom. The Morgan fingerprint density at radius 2 is 2.33 bits per heavy atom. The minimum Gasteiger partial charge on any atom is -0.549 e. The molecule has 46 valence electrons. The molecule has 0 amide bonds. The molecule has 0 saturated carbocycles. The third-order valence-electron chi connectivity index (χ3n) is 0.558. The molecule has 0 aliphatic rings. The van der Waals surface area contributed by atoms with E-state index in [1.807, 2.05) is 0 Å². The van der Waals surface area contributed by atoms with Crippen molar-refractivity contribution < 1.29 is 28.8 Å². The molecule has 1 N–H and O–H groups in total. The molecule has 4 heteroatoms. The summed E-state index contributed by atoms with van der Waals surface area (Å²) in [5, 5.41) is 12.2. The minimum absolute atomic E-state index is 0. The molecule has 0 rings (SSSR count). The summed E-state index contributed by atoms with van der Waals surface area (Å²) in [5.74, 6) is -1.09. The Balaban J connectivity index is 0. The Bertz CT molecular complexity index is 95.0. The molecule has 0 heterocycles. The Hall–Kier alpha value is -0.233. The van der Waals surface area contributed by atoms with E-state index >= 15 is 0 Å². The van der Waals surface area contributed by atoms with Gasteiger partial charge in [0.1, 0.15) is 0 Å². The van der Waals surface area contributed by atoms with Gasteiger partial charge in [-0.05, 0) is 0 Å². The third-order valence-corrected chi connectivity index (χ3v) is 0.558. The molecule has 0 aromatic heterocycles. The van der Waals surface area contributed by atoms with Crippen LogP contribution in [0.3, 0.4) is 0 Å². The Kier molecular flexibility index (Phi) is 9.97.